The number of nitrogens with zero attached hydrogens (tertiary/aromatic N) is 2. The van der Waals surface area contributed by atoms with Gasteiger partial charge in [-0.1, -0.05) is 6.42 Å². The highest BCUT2D eigenvalue weighted by Gasteiger charge is 2.39. The van der Waals surface area contributed by atoms with Gasteiger partial charge in [0.1, 0.15) is 0 Å². The fourth-order valence-corrected chi connectivity index (χ4v) is 4.90. The van der Waals surface area contributed by atoms with E-state index in [-0.39, 0.29) is 5.92 Å². The van der Waals surface area contributed by atoms with Gasteiger partial charge in [0.2, 0.25) is 0 Å². The maximum absolute atomic E-state index is 11.3. The molecule has 0 spiro atoms. The van der Waals surface area contributed by atoms with Crippen LogP contribution in [0.25, 0.3) is 11.3 Å². The molecule has 4 rings (SSSR count). The molecule has 20 heavy (non-hydrogen) atoms. The Morgan fingerprint density at radius 2 is 2.35 bits per heavy atom. The molecule has 1 aliphatic heterocycles. The maximum Gasteiger partial charge on any atom is 0.306 e. The first-order chi connectivity index (χ1) is 9.75. The molecule has 1 fully saturated rings. The van der Waals surface area contributed by atoms with E-state index in [2.05, 4.69) is 21.0 Å². The first kappa shape index (κ1) is 12.1. The zero-order valence-electron chi connectivity index (χ0n) is 11.0. The zero-order chi connectivity index (χ0) is 13.7. The van der Waals surface area contributed by atoms with E-state index in [0.29, 0.717) is 12.0 Å². The fraction of sp³-hybridized carbons (Fsp3) is 0.467. The van der Waals surface area contributed by atoms with Crippen LogP contribution < -0.4 is 0 Å². The minimum absolute atomic E-state index is 0.176. The van der Waals surface area contributed by atoms with E-state index in [9.17, 15) is 9.90 Å². The van der Waals surface area contributed by atoms with Crippen molar-refractivity contribution in [3.05, 3.63) is 28.8 Å². The van der Waals surface area contributed by atoms with E-state index in [1.54, 1.807) is 11.3 Å². The second-order valence-corrected chi connectivity index (χ2v) is 6.74. The average molecular weight is 288 g/mol. The van der Waals surface area contributed by atoms with Gasteiger partial charge in [-0.2, -0.15) is 0 Å². The molecular weight excluding hydrogens is 272 g/mol. The second kappa shape index (κ2) is 4.45. The highest BCUT2D eigenvalue weighted by Crippen LogP contribution is 2.49. The number of carboxylic acid groups (broad SMARTS) is 1. The summed E-state index contributed by atoms with van der Waals surface area (Å²) in [6, 6.07) is 2.45. The lowest BCUT2D eigenvalue weighted by atomic mass is 9.77. The van der Waals surface area contributed by atoms with Crippen LogP contribution >= 0.6 is 11.3 Å². The number of rotatable bonds is 2. The van der Waals surface area contributed by atoms with Crippen LogP contribution in [0.3, 0.4) is 0 Å². The molecule has 0 amide bonds. The van der Waals surface area contributed by atoms with Crippen LogP contribution in [0.1, 0.15) is 36.6 Å². The van der Waals surface area contributed by atoms with Gasteiger partial charge in [-0.15, -0.1) is 11.3 Å². The number of carboxylic acids is 1. The molecule has 3 heterocycles. The average Bonchev–Trinajstić information content (AvgIpc) is 3.10. The molecule has 1 saturated carbocycles. The van der Waals surface area contributed by atoms with Crippen molar-refractivity contribution in [1.29, 1.82) is 0 Å². The van der Waals surface area contributed by atoms with Crippen molar-refractivity contribution in [2.45, 2.75) is 31.7 Å². The van der Waals surface area contributed by atoms with Gasteiger partial charge in [0.15, 0.2) is 0 Å². The summed E-state index contributed by atoms with van der Waals surface area (Å²) in [7, 11) is 0. The zero-order valence-corrected chi connectivity index (χ0v) is 11.8. The molecule has 0 unspecified atom stereocenters. The number of hydrogen-bond donors (Lipinski definition) is 1. The summed E-state index contributed by atoms with van der Waals surface area (Å²) >= 11 is 1.79. The Bertz CT molecular complexity index is 620. The van der Waals surface area contributed by atoms with E-state index in [4.69, 9.17) is 0 Å². The SMILES string of the molecule is O=C(O)[C@@H]1CCC[C@@H]([C@@H]2c3sccc3-c3cncn32)C1. The number of aromatic nitrogens is 2. The second-order valence-electron chi connectivity index (χ2n) is 5.79. The van der Waals surface area contributed by atoms with Gasteiger partial charge in [-0.25, -0.2) is 4.98 Å². The molecule has 0 bridgehead atoms. The Balaban J connectivity index is 1.71. The van der Waals surface area contributed by atoms with Crippen molar-refractivity contribution in [1.82, 2.24) is 9.55 Å². The predicted molar refractivity (Wildman–Crippen MR) is 76.8 cm³/mol. The van der Waals surface area contributed by atoms with Gasteiger partial charge in [0.25, 0.3) is 0 Å². The minimum Gasteiger partial charge on any atom is -0.481 e. The largest absolute Gasteiger partial charge is 0.481 e. The van der Waals surface area contributed by atoms with Gasteiger partial charge >= 0.3 is 5.97 Å². The maximum atomic E-state index is 11.3. The smallest absolute Gasteiger partial charge is 0.306 e. The van der Waals surface area contributed by atoms with Crippen molar-refractivity contribution in [3.8, 4) is 11.3 Å². The summed E-state index contributed by atoms with van der Waals surface area (Å²) in [5, 5.41) is 11.4. The molecule has 3 atom stereocenters. The number of carbonyl (C=O) groups is 1. The Kier molecular flexibility index (Phi) is 2.70. The Hall–Kier alpha value is -1.62. The summed E-state index contributed by atoms with van der Waals surface area (Å²) in [5.41, 5.74) is 2.47. The lowest BCUT2D eigenvalue weighted by Gasteiger charge is -2.31. The van der Waals surface area contributed by atoms with Crippen molar-refractivity contribution < 1.29 is 9.90 Å². The monoisotopic (exact) mass is 288 g/mol. The minimum atomic E-state index is -0.634. The highest BCUT2D eigenvalue weighted by molar-refractivity contribution is 7.10. The van der Waals surface area contributed by atoms with Gasteiger partial charge < -0.3 is 9.67 Å². The van der Waals surface area contributed by atoms with E-state index >= 15 is 0 Å². The number of aliphatic carboxylic acids is 1. The van der Waals surface area contributed by atoms with Crippen molar-refractivity contribution in [2.75, 3.05) is 0 Å². The van der Waals surface area contributed by atoms with E-state index in [1.807, 2.05) is 12.5 Å². The topological polar surface area (TPSA) is 55.1 Å². The van der Waals surface area contributed by atoms with Gasteiger partial charge in [0, 0.05) is 10.4 Å². The molecule has 2 aromatic rings. The molecule has 5 heteroatoms. The Morgan fingerprint density at radius 1 is 1.45 bits per heavy atom. The van der Waals surface area contributed by atoms with Gasteiger partial charge in [0.05, 0.1) is 30.2 Å². The lowest BCUT2D eigenvalue weighted by molar-refractivity contribution is -0.143. The summed E-state index contributed by atoms with van der Waals surface area (Å²) in [5.74, 6) is -0.396. The van der Waals surface area contributed by atoms with Gasteiger partial charge in [-0.05, 0) is 36.6 Å². The number of fused-ring (bicyclic) bond motifs is 3. The standard InChI is InChI=1S/C15H16N2O2S/c18-15(19)10-3-1-2-9(6-10)13-14-11(4-5-20-14)12-7-16-8-17(12)13/h4-5,7-10,13H,1-3,6H2,(H,18,19)/t9-,10-,13-/m1/s1. The van der Waals surface area contributed by atoms with Crippen LogP contribution in [-0.4, -0.2) is 20.6 Å². The third-order valence-corrected chi connectivity index (χ3v) is 5.70. The lowest BCUT2D eigenvalue weighted by Crippen LogP contribution is -2.27. The van der Waals surface area contributed by atoms with E-state index in [0.717, 1.165) is 25.7 Å². The van der Waals surface area contributed by atoms with Crippen LogP contribution in [0.4, 0.5) is 0 Å². The van der Waals surface area contributed by atoms with Crippen LogP contribution in [0.2, 0.25) is 0 Å². The molecule has 1 aliphatic carbocycles. The summed E-state index contributed by atoms with van der Waals surface area (Å²) < 4.78 is 2.25. The fourth-order valence-electron chi connectivity index (χ4n) is 3.80. The number of imidazole rings is 1. The van der Waals surface area contributed by atoms with Crippen LogP contribution in [-0.2, 0) is 4.79 Å². The van der Waals surface area contributed by atoms with Crippen LogP contribution in [0, 0.1) is 11.8 Å². The molecule has 2 aliphatic rings. The van der Waals surface area contributed by atoms with Crippen molar-refractivity contribution >= 4 is 17.3 Å². The van der Waals surface area contributed by atoms with Crippen LogP contribution in [0.15, 0.2) is 24.0 Å². The first-order valence-electron chi connectivity index (χ1n) is 7.08. The third kappa shape index (κ3) is 1.66. The molecule has 4 nitrogen and oxygen atoms in total. The molecule has 1 N–H and O–H groups in total. The quantitative estimate of drug-likeness (QED) is 0.921. The Labute approximate surface area is 121 Å². The molecule has 0 saturated heterocycles. The van der Waals surface area contributed by atoms with E-state index < -0.39 is 5.97 Å². The first-order valence-corrected chi connectivity index (χ1v) is 7.96. The summed E-state index contributed by atoms with van der Waals surface area (Å²) in [6.07, 6.45) is 7.56. The summed E-state index contributed by atoms with van der Waals surface area (Å²) in [4.78, 5) is 16.9. The molecule has 2 aromatic heterocycles. The Morgan fingerprint density at radius 3 is 3.20 bits per heavy atom. The van der Waals surface area contributed by atoms with Crippen molar-refractivity contribution in [3.63, 3.8) is 0 Å². The third-order valence-electron chi connectivity index (χ3n) is 4.72. The van der Waals surface area contributed by atoms with Crippen molar-refractivity contribution in [2.24, 2.45) is 11.8 Å². The predicted octanol–water partition coefficient (Wildman–Crippen LogP) is 3.41. The van der Waals surface area contributed by atoms with Gasteiger partial charge in [-0.3, -0.25) is 4.79 Å². The molecular formula is C15H16N2O2S. The number of thiophene rings is 1. The summed E-state index contributed by atoms with van der Waals surface area (Å²) in [6.45, 7) is 0. The number of hydrogen-bond acceptors (Lipinski definition) is 3. The van der Waals surface area contributed by atoms with E-state index in [1.165, 1.54) is 16.1 Å². The molecule has 0 aromatic carbocycles. The molecule has 0 radical (unpaired) electrons. The van der Waals surface area contributed by atoms with Crippen LogP contribution in [0.5, 0.6) is 0 Å². The normalized spacial score (nSPS) is 28.1. The molecule has 104 valence electrons. The highest BCUT2D eigenvalue weighted by atomic mass is 32.1.